The number of rotatable bonds is 6. The molecule has 0 aromatic heterocycles. The molecule has 4 nitrogen and oxygen atoms in total. The van der Waals surface area contributed by atoms with Gasteiger partial charge in [-0.15, -0.1) is 0 Å². The van der Waals surface area contributed by atoms with Crippen LogP contribution in [0.3, 0.4) is 0 Å². The van der Waals surface area contributed by atoms with Crippen LogP contribution in [-0.2, 0) is 6.54 Å². The van der Waals surface area contributed by atoms with E-state index in [2.05, 4.69) is 10.2 Å². The monoisotopic (exact) mass is 291 g/mol. The number of halogens is 1. The molecule has 21 heavy (non-hydrogen) atoms. The first kappa shape index (κ1) is 14.5. The van der Waals surface area contributed by atoms with E-state index >= 15 is 0 Å². The molecule has 1 aromatic rings. The summed E-state index contributed by atoms with van der Waals surface area (Å²) in [5.74, 6) is -0.168. The highest BCUT2D eigenvalue weighted by atomic mass is 19.1. The molecule has 2 fully saturated rings. The Balaban J connectivity index is 1.48. The van der Waals surface area contributed by atoms with Crippen LogP contribution in [0, 0.1) is 11.7 Å². The first-order valence-electron chi connectivity index (χ1n) is 7.66. The summed E-state index contributed by atoms with van der Waals surface area (Å²) in [6.45, 7) is 3.68. The van der Waals surface area contributed by atoms with Gasteiger partial charge in [0, 0.05) is 30.3 Å². The molecule has 114 valence electrons. The first-order valence-corrected chi connectivity index (χ1v) is 7.66. The number of primary amides is 1. The molecule has 1 atom stereocenters. The van der Waals surface area contributed by atoms with Crippen molar-refractivity contribution in [1.82, 2.24) is 10.2 Å². The minimum Gasteiger partial charge on any atom is -0.366 e. The van der Waals surface area contributed by atoms with Crippen LogP contribution in [0.5, 0.6) is 0 Å². The van der Waals surface area contributed by atoms with E-state index in [1.165, 1.54) is 44.0 Å². The fourth-order valence-corrected chi connectivity index (χ4v) is 3.07. The van der Waals surface area contributed by atoms with Crippen molar-refractivity contribution in [2.24, 2.45) is 11.7 Å². The van der Waals surface area contributed by atoms with Crippen molar-refractivity contribution in [3.05, 3.63) is 35.1 Å². The van der Waals surface area contributed by atoms with Gasteiger partial charge < -0.3 is 16.0 Å². The van der Waals surface area contributed by atoms with Crippen molar-refractivity contribution in [3.8, 4) is 0 Å². The topological polar surface area (TPSA) is 58.4 Å². The second-order valence-corrected chi connectivity index (χ2v) is 6.18. The number of hydrogen-bond acceptors (Lipinski definition) is 3. The Hall–Kier alpha value is -1.46. The first-order chi connectivity index (χ1) is 10.1. The third kappa shape index (κ3) is 3.60. The maximum Gasteiger partial charge on any atom is 0.248 e. The van der Waals surface area contributed by atoms with Crippen LogP contribution in [0.15, 0.2) is 18.2 Å². The van der Waals surface area contributed by atoms with Gasteiger partial charge in [0.2, 0.25) is 5.91 Å². The van der Waals surface area contributed by atoms with Crippen molar-refractivity contribution in [2.75, 3.05) is 19.6 Å². The van der Waals surface area contributed by atoms with Crippen molar-refractivity contribution in [1.29, 1.82) is 0 Å². The van der Waals surface area contributed by atoms with Gasteiger partial charge in [0.15, 0.2) is 0 Å². The van der Waals surface area contributed by atoms with Crippen molar-refractivity contribution in [3.63, 3.8) is 0 Å². The van der Waals surface area contributed by atoms with Crippen LogP contribution in [-0.4, -0.2) is 36.5 Å². The summed E-state index contributed by atoms with van der Waals surface area (Å²) < 4.78 is 13.7. The van der Waals surface area contributed by atoms with Crippen LogP contribution in [0.1, 0.15) is 35.2 Å². The lowest BCUT2D eigenvalue weighted by molar-refractivity contribution is 0.1000. The lowest BCUT2D eigenvalue weighted by Gasteiger charge is -2.15. The minimum atomic E-state index is -0.521. The Morgan fingerprint density at radius 3 is 2.90 bits per heavy atom. The molecule has 1 aliphatic carbocycles. The summed E-state index contributed by atoms with van der Waals surface area (Å²) in [6.07, 6.45) is 3.92. The summed E-state index contributed by atoms with van der Waals surface area (Å²) in [7, 11) is 0. The number of nitrogens with two attached hydrogens (primary N) is 1. The van der Waals surface area contributed by atoms with E-state index in [0.29, 0.717) is 23.6 Å². The molecule has 0 spiro atoms. The maximum atomic E-state index is 13.7. The molecule has 5 heteroatoms. The standard InChI is InChI=1S/C16H22FN3O/c17-15-4-1-12(16(18)21)7-13(15)9-19-8-11-5-6-20(10-11)14-2-3-14/h1,4,7,11,14,19H,2-3,5-6,8-10H2,(H2,18,21). The number of carbonyl (C=O) groups excluding carboxylic acids is 1. The lowest BCUT2D eigenvalue weighted by Crippen LogP contribution is -2.27. The molecular formula is C16H22FN3O. The van der Waals surface area contributed by atoms with Gasteiger partial charge in [0.1, 0.15) is 5.82 Å². The number of hydrogen-bond donors (Lipinski definition) is 2. The lowest BCUT2D eigenvalue weighted by atomic mass is 10.1. The summed E-state index contributed by atoms with van der Waals surface area (Å²) in [5, 5.41) is 3.31. The Morgan fingerprint density at radius 2 is 2.19 bits per heavy atom. The average Bonchev–Trinajstić information content (AvgIpc) is 3.20. The molecule has 3 N–H and O–H groups in total. The second-order valence-electron chi connectivity index (χ2n) is 6.18. The molecule has 2 aliphatic rings. The Morgan fingerprint density at radius 1 is 1.38 bits per heavy atom. The van der Waals surface area contributed by atoms with Gasteiger partial charge in [-0.25, -0.2) is 4.39 Å². The van der Waals surface area contributed by atoms with E-state index in [-0.39, 0.29) is 5.82 Å². The van der Waals surface area contributed by atoms with E-state index < -0.39 is 5.91 Å². The highest BCUT2D eigenvalue weighted by Gasteiger charge is 2.33. The Bertz CT molecular complexity index is 530. The normalized spacial score (nSPS) is 22.6. The van der Waals surface area contributed by atoms with Crippen molar-refractivity contribution < 1.29 is 9.18 Å². The Labute approximate surface area is 124 Å². The van der Waals surface area contributed by atoms with Gasteiger partial charge in [-0.2, -0.15) is 0 Å². The quantitative estimate of drug-likeness (QED) is 0.835. The molecule has 1 saturated heterocycles. The smallest absolute Gasteiger partial charge is 0.248 e. The van der Waals surface area contributed by atoms with Crippen LogP contribution in [0.4, 0.5) is 4.39 Å². The zero-order chi connectivity index (χ0) is 14.8. The van der Waals surface area contributed by atoms with Gasteiger partial charge >= 0.3 is 0 Å². The summed E-state index contributed by atoms with van der Waals surface area (Å²) in [5.41, 5.74) is 6.08. The van der Waals surface area contributed by atoms with Gasteiger partial charge in [0.05, 0.1) is 0 Å². The molecule has 3 rings (SSSR count). The van der Waals surface area contributed by atoms with E-state index in [1.54, 1.807) is 0 Å². The predicted molar refractivity (Wildman–Crippen MR) is 79.3 cm³/mol. The summed E-state index contributed by atoms with van der Waals surface area (Å²) >= 11 is 0. The fourth-order valence-electron chi connectivity index (χ4n) is 3.07. The van der Waals surface area contributed by atoms with E-state index in [9.17, 15) is 9.18 Å². The van der Waals surface area contributed by atoms with E-state index in [4.69, 9.17) is 5.73 Å². The maximum absolute atomic E-state index is 13.7. The SMILES string of the molecule is NC(=O)c1ccc(F)c(CNCC2CCN(C3CC3)C2)c1. The summed E-state index contributed by atoms with van der Waals surface area (Å²) in [6, 6.07) is 5.10. The Kier molecular flexibility index (Phi) is 4.22. The molecule has 1 saturated carbocycles. The van der Waals surface area contributed by atoms with E-state index in [0.717, 1.165) is 19.1 Å². The zero-order valence-corrected chi connectivity index (χ0v) is 12.1. The highest BCUT2D eigenvalue weighted by Crippen LogP contribution is 2.31. The minimum absolute atomic E-state index is 0.293. The predicted octanol–water partition coefficient (Wildman–Crippen LogP) is 1.50. The van der Waals surface area contributed by atoms with Gasteiger partial charge in [-0.1, -0.05) is 0 Å². The van der Waals surface area contributed by atoms with Crippen molar-refractivity contribution in [2.45, 2.75) is 31.8 Å². The molecule has 0 radical (unpaired) electrons. The van der Waals surface area contributed by atoms with Crippen LogP contribution < -0.4 is 11.1 Å². The third-order valence-electron chi connectivity index (χ3n) is 4.46. The second kappa shape index (κ2) is 6.12. The molecule has 1 unspecified atom stereocenters. The number of nitrogens with zero attached hydrogens (tertiary/aromatic N) is 1. The van der Waals surface area contributed by atoms with Crippen molar-refractivity contribution >= 4 is 5.91 Å². The highest BCUT2D eigenvalue weighted by molar-refractivity contribution is 5.92. The van der Waals surface area contributed by atoms with Gasteiger partial charge in [-0.05, 0) is 56.5 Å². The van der Waals surface area contributed by atoms with Crippen LogP contribution in [0.25, 0.3) is 0 Å². The van der Waals surface area contributed by atoms with Gasteiger partial charge in [-0.3, -0.25) is 4.79 Å². The molecule has 1 heterocycles. The number of nitrogens with one attached hydrogen (secondary N) is 1. The van der Waals surface area contributed by atoms with Crippen LogP contribution >= 0.6 is 0 Å². The molecule has 1 aromatic carbocycles. The number of likely N-dealkylation sites (tertiary alicyclic amines) is 1. The average molecular weight is 291 g/mol. The third-order valence-corrected chi connectivity index (χ3v) is 4.46. The fraction of sp³-hybridized carbons (Fsp3) is 0.562. The molecule has 1 aliphatic heterocycles. The van der Waals surface area contributed by atoms with Crippen LogP contribution in [0.2, 0.25) is 0 Å². The largest absolute Gasteiger partial charge is 0.366 e. The number of benzene rings is 1. The zero-order valence-electron chi connectivity index (χ0n) is 12.1. The number of amides is 1. The number of carbonyl (C=O) groups is 1. The summed E-state index contributed by atoms with van der Waals surface area (Å²) in [4.78, 5) is 13.7. The molecular weight excluding hydrogens is 269 g/mol. The van der Waals surface area contributed by atoms with E-state index in [1.807, 2.05) is 0 Å². The van der Waals surface area contributed by atoms with Gasteiger partial charge in [0.25, 0.3) is 0 Å². The molecule has 0 bridgehead atoms. The molecule has 1 amide bonds.